The third-order valence-corrected chi connectivity index (χ3v) is 2.04. The number of carbonyl (C=O) groups is 1. The number of hydrogen-bond donors (Lipinski definition) is 0. The van der Waals surface area contributed by atoms with Crippen molar-refractivity contribution in [1.82, 2.24) is 0 Å². The Morgan fingerprint density at radius 2 is 2.17 bits per heavy atom. The number of rotatable bonds is 2. The van der Waals surface area contributed by atoms with E-state index in [0.29, 0.717) is 5.56 Å². The Morgan fingerprint density at radius 1 is 1.50 bits per heavy atom. The highest BCUT2D eigenvalue weighted by Gasteiger charge is 2.05. The van der Waals surface area contributed by atoms with Gasteiger partial charge in [-0.1, -0.05) is 18.2 Å². The first-order chi connectivity index (χ1) is 5.61. The molecule has 0 saturated heterocycles. The summed E-state index contributed by atoms with van der Waals surface area (Å²) in [6.07, 6.45) is 0. The molecule has 0 spiro atoms. The highest BCUT2D eigenvalue weighted by molar-refractivity contribution is 6.67. The molecule has 0 aromatic heterocycles. The van der Waals surface area contributed by atoms with E-state index in [-0.39, 0.29) is 5.38 Å². The third kappa shape index (κ3) is 2.23. The molecule has 1 aromatic rings. The molecule has 0 amide bonds. The fraction of sp³-hybridized carbons (Fsp3) is 0.222. The Kier molecular flexibility index (Phi) is 3.12. The molecule has 1 nitrogen and oxygen atoms in total. The molecule has 0 aliphatic carbocycles. The number of benzene rings is 1. The number of alkyl halides is 1. The van der Waals surface area contributed by atoms with E-state index < -0.39 is 5.24 Å². The summed E-state index contributed by atoms with van der Waals surface area (Å²) in [7, 11) is 0. The molecule has 0 fully saturated rings. The van der Waals surface area contributed by atoms with Crippen LogP contribution in [0.4, 0.5) is 0 Å². The Hall–Kier alpha value is -0.530. The van der Waals surface area contributed by atoms with Gasteiger partial charge in [0.2, 0.25) is 0 Å². The van der Waals surface area contributed by atoms with E-state index in [2.05, 4.69) is 0 Å². The first-order valence-corrected chi connectivity index (χ1v) is 4.36. The lowest BCUT2D eigenvalue weighted by molar-refractivity contribution is 0.108. The van der Waals surface area contributed by atoms with Crippen molar-refractivity contribution in [3.63, 3.8) is 0 Å². The number of carbonyl (C=O) groups excluding carboxylic acids is 1. The maximum atomic E-state index is 10.7. The molecule has 0 radical (unpaired) electrons. The van der Waals surface area contributed by atoms with Crippen LogP contribution in [0.2, 0.25) is 0 Å². The molecule has 1 rings (SSSR count). The average molecular weight is 203 g/mol. The fourth-order valence-electron chi connectivity index (χ4n) is 0.908. The highest BCUT2D eigenvalue weighted by atomic mass is 35.5. The zero-order chi connectivity index (χ0) is 9.14. The topological polar surface area (TPSA) is 17.1 Å². The molecule has 0 heterocycles. The normalized spacial score (nSPS) is 12.6. The van der Waals surface area contributed by atoms with Crippen LogP contribution in [0.15, 0.2) is 24.3 Å². The van der Waals surface area contributed by atoms with Crippen LogP contribution >= 0.6 is 23.2 Å². The van der Waals surface area contributed by atoms with Crippen LogP contribution in [-0.4, -0.2) is 5.24 Å². The van der Waals surface area contributed by atoms with E-state index in [4.69, 9.17) is 23.2 Å². The van der Waals surface area contributed by atoms with Crippen molar-refractivity contribution in [2.45, 2.75) is 12.3 Å². The van der Waals surface area contributed by atoms with Crippen molar-refractivity contribution in [3.8, 4) is 0 Å². The van der Waals surface area contributed by atoms with Gasteiger partial charge in [-0.05, 0) is 30.2 Å². The van der Waals surface area contributed by atoms with E-state index in [1.54, 1.807) is 18.2 Å². The first kappa shape index (κ1) is 9.56. The second kappa shape index (κ2) is 3.92. The fourth-order valence-corrected chi connectivity index (χ4v) is 1.16. The monoisotopic (exact) mass is 202 g/mol. The van der Waals surface area contributed by atoms with Gasteiger partial charge >= 0.3 is 0 Å². The number of hydrogen-bond acceptors (Lipinski definition) is 1. The molecular formula is C9H8Cl2O. The van der Waals surface area contributed by atoms with Gasteiger partial charge in [0.05, 0.1) is 5.38 Å². The van der Waals surface area contributed by atoms with Gasteiger partial charge in [0, 0.05) is 5.56 Å². The summed E-state index contributed by atoms with van der Waals surface area (Å²) in [5.41, 5.74) is 1.39. The van der Waals surface area contributed by atoms with E-state index in [1.807, 2.05) is 13.0 Å². The molecule has 64 valence electrons. The molecule has 3 heteroatoms. The minimum absolute atomic E-state index is 0.0963. The van der Waals surface area contributed by atoms with E-state index in [9.17, 15) is 4.79 Å². The minimum atomic E-state index is -0.450. The van der Waals surface area contributed by atoms with Crippen molar-refractivity contribution in [2.24, 2.45) is 0 Å². The second-order valence-corrected chi connectivity index (χ2v) is 3.51. The molecule has 0 bridgehead atoms. The first-order valence-electron chi connectivity index (χ1n) is 3.55. The number of halogens is 2. The summed E-state index contributed by atoms with van der Waals surface area (Å²) in [6.45, 7) is 1.85. The van der Waals surface area contributed by atoms with Crippen molar-refractivity contribution >= 4 is 28.4 Å². The van der Waals surface area contributed by atoms with E-state index >= 15 is 0 Å². The summed E-state index contributed by atoms with van der Waals surface area (Å²) in [4.78, 5) is 10.7. The van der Waals surface area contributed by atoms with Gasteiger partial charge in [-0.3, -0.25) is 4.79 Å². The maximum absolute atomic E-state index is 10.7. The van der Waals surface area contributed by atoms with Crippen LogP contribution in [0.25, 0.3) is 0 Å². The molecule has 1 unspecified atom stereocenters. The van der Waals surface area contributed by atoms with Gasteiger partial charge < -0.3 is 0 Å². The summed E-state index contributed by atoms with van der Waals surface area (Å²) in [5, 5.41) is -0.546. The van der Waals surface area contributed by atoms with Crippen molar-refractivity contribution in [1.29, 1.82) is 0 Å². The van der Waals surface area contributed by atoms with Gasteiger partial charge in [0.15, 0.2) is 0 Å². The Balaban J connectivity index is 3.04. The Bertz CT molecular complexity index is 294. The molecule has 1 atom stereocenters. The SMILES string of the molecule is CC(Cl)c1cccc(C(=O)Cl)c1. The van der Waals surface area contributed by atoms with Gasteiger partial charge in [0.25, 0.3) is 5.24 Å². The quantitative estimate of drug-likeness (QED) is 0.532. The zero-order valence-corrected chi connectivity index (χ0v) is 8.06. The third-order valence-electron chi connectivity index (χ3n) is 1.57. The van der Waals surface area contributed by atoms with Crippen molar-refractivity contribution in [3.05, 3.63) is 35.4 Å². The van der Waals surface area contributed by atoms with Crippen LogP contribution < -0.4 is 0 Å². The standard InChI is InChI=1S/C9H8Cl2O/c1-6(10)7-3-2-4-8(5-7)9(11)12/h2-6H,1H3. The van der Waals surface area contributed by atoms with Gasteiger partial charge in [-0.2, -0.15) is 0 Å². The summed E-state index contributed by atoms with van der Waals surface area (Å²) >= 11 is 11.1. The molecule has 0 aliphatic rings. The highest BCUT2D eigenvalue weighted by Crippen LogP contribution is 2.20. The molecule has 1 aromatic carbocycles. The van der Waals surface area contributed by atoms with Crippen LogP contribution in [-0.2, 0) is 0 Å². The molecule has 0 N–H and O–H groups in total. The molecule has 0 aliphatic heterocycles. The lowest BCUT2D eigenvalue weighted by Gasteiger charge is -2.03. The van der Waals surface area contributed by atoms with Crippen LogP contribution in [0.1, 0.15) is 28.2 Å². The Labute approximate surface area is 81.3 Å². The van der Waals surface area contributed by atoms with Crippen LogP contribution in [0, 0.1) is 0 Å². The van der Waals surface area contributed by atoms with E-state index in [1.165, 1.54) is 0 Å². The Morgan fingerprint density at radius 3 is 2.67 bits per heavy atom. The molecular weight excluding hydrogens is 195 g/mol. The second-order valence-electron chi connectivity index (χ2n) is 2.52. The van der Waals surface area contributed by atoms with Crippen LogP contribution in [0.3, 0.4) is 0 Å². The molecule has 12 heavy (non-hydrogen) atoms. The average Bonchev–Trinajstić information content (AvgIpc) is 2.04. The van der Waals surface area contributed by atoms with Gasteiger partial charge in [-0.15, -0.1) is 11.6 Å². The maximum Gasteiger partial charge on any atom is 0.252 e. The smallest absolute Gasteiger partial charge is 0.252 e. The summed E-state index contributed by atoms with van der Waals surface area (Å²) < 4.78 is 0. The van der Waals surface area contributed by atoms with Crippen molar-refractivity contribution < 1.29 is 4.79 Å². The summed E-state index contributed by atoms with van der Waals surface area (Å²) in [5.74, 6) is 0. The van der Waals surface area contributed by atoms with Gasteiger partial charge in [0.1, 0.15) is 0 Å². The van der Waals surface area contributed by atoms with Gasteiger partial charge in [-0.25, -0.2) is 0 Å². The lowest BCUT2D eigenvalue weighted by Crippen LogP contribution is -1.91. The van der Waals surface area contributed by atoms with E-state index in [0.717, 1.165) is 5.56 Å². The van der Waals surface area contributed by atoms with Crippen LogP contribution in [0.5, 0.6) is 0 Å². The largest absolute Gasteiger partial charge is 0.276 e. The molecule has 0 saturated carbocycles. The predicted octanol–water partition coefficient (Wildman–Crippen LogP) is 3.37. The lowest BCUT2D eigenvalue weighted by atomic mass is 10.1. The zero-order valence-electron chi connectivity index (χ0n) is 6.55. The minimum Gasteiger partial charge on any atom is -0.276 e. The van der Waals surface area contributed by atoms with Crippen molar-refractivity contribution in [2.75, 3.05) is 0 Å². The summed E-state index contributed by atoms with van der Waals surface area (Å²) in [6, 6.07) is 7.00. The predicted molar refractivity (Wildman–Crippen MR) is 50.9 cm³/mol.